The molecule has 20 atom stereocenters. The van der Waals surface area contributed by atoms with Gasteiger partial charge in [0, 0.05) is 0 Å². The third kappa shape index (κ3) is 10.8. The molecule has 0 aromatic carbocycles. The second kappa shape index (κ2) is 20.4. The first-order valence-electron chi connectivity index (χ1n) is 18.0. The Morgan fingerprint density at radius 3 is 1.39 bits per heavy atom. The fourth-order valence-electron chi connectivity index (χ4n) is 6.44. The first-order valence-corrected chi connectivity index (χ1v) is 18.0. The maximum atomic E-state index is 10.8. The molecule has 20 heteroatoms. The molecule has 0 saturated carbocycles. The summed E-state index contributed by atoms with van der Waals surface area (Å²) in [6.07, 6.45) is -23.9. The van der Waals surface area contributed by atoms with E-state index in [-0.39, 0.29) is 13.2 Å². The summed E-state index contributed by atoms with van der Waals surface area (Å²) in [7, 11) is 0. The van der Waals surface area contributed by atoms with Crippen molar-refractivity contribution in [3.63, 3.8) is 0 Å². The van der Waals surface area contributed by atoms with Crippen LogP contribution in [0.25, 0.3) is 0 Å². The quantitative estimate of drug-likeness (QED) is 0.0692. The Bertz CT molecular complexity index is 1200. The summed E-state index contributed by atoms with van der Waals surface area (Å²) in [6, 6.07) is 0. The highest BCUT2D eigenvalue weighted by atomic mass is 16.8. The Kier molecular flexibility index (Phi) is 17.1. The highest BCUT2D eigenvalue weighted by Crippen LogP contribution is 2.31. The number of aliphatic hydroxyl groups excluding tert-OH is 12. The SMILES string of the molecule is C/C(=C/CO[C@H]1O[C@@H](C)[C@H](O)[C@@H](O)[C@H]1O[C@@H]1O[C@H](CO)[C@@H](O)[C@H](O)[C@H]1O)CC/C=C(\C)CO[C@H]1O[C@@H](C)[C@H](O)[C@@H](O)[C@H]1O[C@@H]1O[C@H](CO)[C@@H](O)[C@H](O)[C@H]1O. The van der Waals surface area contributed by atoms with Gasteiger partial charge in [-0.15, -0.1) is 0 Å². The number of ether oxygens (including phenoxy) is 8. The summed E-state index contributed by atoms with van der Waals surface area (Å²) in [5.41, 5.74) is 1.68. The predicted molar refractivity (Wildman–Crippen MR) is 179 cm³/mol. The number of aliphatic hydroxyl groups is 12. The van der Waals surface area contributed by atoms with Crippen molar-refractivity contribution in [2.75, 3.05) is 26.4 Å². The van der Waals surface area contributed by atoms with Gasteiger partial charge in [-0.25, -0.2) is 0 Å². The molecule has 4 rings (SSSR count). The second-order valence-electron chi connectivity index (χ2n) is 14.3. The van der Waals surface area contributed by atoms with Crippen molar-refractivity contribution in [2.45, 2.75) is 163 Å². The molecule has 0 aromatic rings. The highest BCUT2D eigenvalue weighted by Gasteiger charge is 2.52. The molecule has 0 aliphatic carbocycles. The highest BCUT2D eigenvalue weighted by molar-refractivity contribution is 5.05. The molecule has 20 nitrogen and oxygen atoms in total. The van der Waals surface area contributed by atoms with E-state index >= 15 is 0 Å². The van der Waals surface area contributed by atoms with Gasteiger partial charge in [0.05, 0.1) is 38.6 Å². The van der Waals surface area contributed by atoms with Crippen LogP contribution >= 0.6 is 0 Å². The van der Waals surface area contributed by atoms with Gasteiger partial charge < -0.3 is 99.2 Å². The Balaban J connectivity index is 1.29. The van der Waals surface area contributed by atoms with Crippen molar-refractivity contribution in [3.05, 3.63) is 23.3 Å². The monoisotopic (exact) mass is 786 g/mol. The minimum atomic E-state index is -1.75. The van der Waals surface area contributed by atoms with Gasteiger partial charge in [-0.3, -0.25) is 0 Å². The van der Waals surface area contributed by atoms with E-state index in [1.54, 1.807) is 13.0 Å². The van der Waals surface area contributed by atoms with Gasteiger partial charge >= 0.3 is 0 Å². The standard InChI is InChI=1S/C34H58O20/c1-13(8-9-47-33-29(25(43)19(37)15(3)49-33)53-31-27(45)23(41)21(39)17(10-35)51-31)6-5-7-14(2)12-48-34-30(26(44)20(38)16(4)50-34)54-32-28(46)24(42)22(40)18(11-36)52-32/h7-8,15-46H,5-6,9-12H2,1-4H3/b13-8-,14-7+/t15-,16-,17+,18+,19-,20-,21+,22+,23-,24-,25+,26+,27+,28+,29+,30+,31-,32-,33-,34-/m0/s1. The van der Waals surface area contributed by atoms with Gasteiger partial charge in [0.15, 0.2) is 25.2 Å². The van der Waals surface area contributed by atoms with E-state index in [1.807, 2.05) is 13.0 Å². The lowest BCUT2D eigenvalue weighted by atomic mass is 9.97. The van der Waals surface area contributed by atoms with Crippen LogP contribution in [0.15, 0.2) is 23.3 Å². The topological polar surface area (TPSA) is 317 Å². The van der Waals surface area contributed by atoms with Crippen molar-refractivity contribution in [1.29, 1.82) is 0 Å². The van der Waals surface area contributed by atoms with Crippen LogP contribution in [-0.2, 0) is 37.9 Å². The van der Waals surface area contributed by atoms with Crippen molar-refractivity contribution in [2.24, 2.45) is 0 Å². The third-order valence-corrected chi connectivity index (χ3v) is 10.0. The van der Waals surface area contributed by atoms with E-state index < -0.39 is 136 Å². The molecule has 0 bridgehead atoms. The van der Waals surface area contributed by atoms with Gasteiger partial charge in [-0.05, 0) is 40.5 Å². The van der Waals surface area contributed by atoms with E-state index in [0.29, 0.717) is 12.8 Å². The average Bonchev–Trinajstić information content (AvgIpc) is 3.14. The van der Waals surface area contributed by atoms with Crippen LogP contribution in [0.5, 0.6) is 0 Å². The molecule has 4 aliphatic heterocycles. The lowest BCUT2D eigenvalue weighted by molar-refractivity contribution is -0.363. The molecule has 0 spiro atoms. The van der Waals surface area contributed by atoms with Crippen molar-refractivity contribution < 1.29 is 99.2 Å². The van der Waals surface area contributed by atoms with E-state index in [1.165, 1.54) is 13.8 Å². The molecule has 4 aliphatic rings. The number of hydrogen-bond donors (Lipinski definition) is 12. The zero-order chi connectivity index (χ0) is 40.0. The van der Waals surface area contributed by atoms with Crippen LogP contribution in [0, 0.1) is 0 Å². The van der Waals surface area contributed by atoms with Gasteiger partial charge in [0.25, 0.3) is 0 Å². The zero-order valence-electron chi connectivity index (χ0n) is 30.6. The Hall–Kier alpha value is -1.32. The summed E-state index contributed by atoms with van der Waals surface area (Å²) < 4.78 is 45.3. The molecule has 0 unspecified atom stereocenters. The lowest BCUT2D eigenvalue weighted by Crippen LogP contribution is -2.64. The van der Waals surface area contributed by atoms with Crippen LogP contribution < -0.4 is 0 Å². The minimum absolute atomic E-state index is 0.00635. The second-order valence-corrected chi connectivity index (χ2v) is 14.3. The first-order chi connectivity index (χ1) is 25.5. The Labute approximate surface area is 312 Å². The van der Waals surface area contributed by atoms with Crippen LogP contribution in [0.4, 0.5) is 0 Å². The Morgan fingerprint density at radius 1 is 0.500 bits per heavy atom. The summed E-state index contributed by atoms with van der Waals surface area (Å²) >= 11 is 0. The molecule has 4 fully saturated rings. The van der Waals surface area contributed by atoms with E-state index in [0.717, 1.165) is 11.1 Å². The van der Waals surface area contributed by atoms with Crippen LogP contribution in [0.3, 0.4) is 0 Å². The van der Waals surface area contributed by atoms with Crippen LogP contribution in [0.1, 0.15) is 40.5 Å². The molecule has 314 valence electrons. The number of allylic oxidation sites excluding steroid dienone is 2. The van der Waals surface area contributed by atoms with Gasteiger partial charge in [-0.2, -0.15) is 0 Å². The summed E-state index contributed by atoms with van der Waals surface area (Å²) in [5.74, 6) is 0. The minimum Gasteiger partial charge on any atom is -0.394 e. The molecule has 0 radical (unpaired) electrons. The smallest absolute Gasteiger partial charge is 0.187 e. The summed E-state index contributed by atoms with van der Waals surface area (Å²) in [5, 5.41) is 123. The van der Waals surface area contributed by atoms with Gasteiger partial charge in [0.2, 0.25) is 0 Å². The summed E-state index contributed by atoms with van der Waals surface area (Å²) in [6.45, 7) is 5.34. The maximum absolute atomic E-state index is 10.8. The molecule has 12 N–H and O–H groups in total. The van der Waals surface area contributed by atoms with Crippen LogP contribution in [-0.4, -0.2) is 211 Å². The Morgan fingerprint density at radius 2 is 0.944 bits per heavy atom. The molecular formula is C34H58O20. The lowest BCUT2D eigenvalue weighted by Gasteiger charge is -2.45. The normalized spacial score (nSPS) is 46.8. The molecule has 4 saturated heterocycles. The van der Waals surface area contributed by atoms with Gasteiger partial charge in [-0.1, -0.05) is 23.3 Å². The third-order valence-electron chi connectivity index (χ3n) is 10.0. The largest absolute Gasteiger partial charge is 0.394 e. The molecular weight excluding hydrogens is 728 g/mol. The molecule has 4 heterocycles. The summed E-state index contributed by atoms with van der Waals surface area (Å²) in [4.78, 5) is 0. The number of hydrogen-bond acceptors (Lipinski definition) is 20. The average molecular weight is 787 g/mol. The first kappa shape index (κ1) is 45.4. The van der Waals surface area contributed by atoms with E-state index in [2.05, 4.69) is 0 Å². The fraction of sp³-hybridized carbons (Fsp3) is 0.882. The van der Waals surface area contributed by atoms with Crippen LogP contribution in [0.2, 0.25) is 0 Å². The van der Waals surface area contributed by atoms with E-state index in [9.17, 15) is 61.3 Å². The zero-order valence-corrected chi connectivity index (χ0v) is 30.6. The number of rotatable bonds is 15. The molecule has 0 amide bonds. The predicted octanol–water partition coefficient (Wildman–Crippen LogP) is -5.00. The molecule has 54 heavy (non-hydrogen) atoms. The van der Waals surface area contributed by atoms with Crippen molar-refractivity contribution in [1.82, 2.24) is 0 Å². The van der Waals surface area contributed by atoms with Crippen molar-refractivity contribution in [3.8, 4) is 0 Å². The molecule has 0 aromatic heterocycles. The van der Waals surface area contributed by atoms with E-state index in [4.69, 9.17) is 37.9 Å². The fourth-order valence-corrected chi connectivity index (χ4v) is 6.44. The maximum Gasteiger partial charge on any atom is 0.187 e. The van der Waals surface area contributed by atoms with Gasteiger partial charge in [0.1, 0.15) is 85.5 Å². The van der Waals surface area contributed by atoms with Crippen molar-refractivity contribution >= 4 is 0 Å².